The molecular weight excluding hydrogens is 434 g/mol. The van der Waals surface area contributed by atoms with E-state index in [1.807, 2.05) is 0 Å². The Morgan fingerprint density at radius 2 is 0.800 bits per heavy atom. The van der Waals surface area contributed by atoms with Crippen LogP contribution in [0.2, 0.25) is 0 Å². The van der Waals surface area contributed by atoms with Crippen LogP contribution in [0.4, 0.5) is 0 Å². The summed E-state index contributed by atoms with van der Waals surface area (Å²) in [6, 6.07) is 1.55. The summed E-state index contributed by atoms with van der Waals surface area (Å²) < 4.78 is 0. The first-order valence-electron chi connectivity index (χ1n) is 9.80. The number of rotatable bonds is 4. The molecule has 6 atom stereocenters. The molecule has 3 rings (SSSR count). The summed E-state index contributed by atoms with van der Waals surface area (Å²) in [7, 11) is 9.78. The van der Waals surface area contributed by atoms with Crippen LogP contribution in [0, 0.1) is 0 Å². The molecule has 0 bridgehead atoms. The van der Waals surface area contributed by atoms with Crippen molar-refractivity contribution in [2.45, 2.75) is 112 Å². The van der Waals surface area contributed by atoms with Crippen LogP contribution in [0.3, 0.4) is 0 Å². The molecule has 0 amide bonds. The fourth-order valence-electron chi connectivity index (χ4n) is 4.40. The molecule has 25 heavy (non-hydrogen) atoms. The first kappa shape index (κ1) is 23.1. The van der Waals surface area contributed by atoms with E-state index in [9.17, 15) is 0 Å². The topological polar surface area (TPSA) is 28.2 Å². The van der Waals surface area contributed by atoms with Gasteiger partial charge in [0.2, 0.25) is 0 Å². The summed E-state index contributed by atoms with van der Waals surface area (Å²) in [5, 5.41) is 10.9. The van der Waals surface area contributed by atoms with Crippen LogP contribution >= 0.6 is 41.8 Å². The second-order valence-corrected chi connectivity index (χ2v) is 11.2. The third-order valence-corrected chi connectivity index (χ3v) is 6.77. The van der Waals surface area contributed by atoms with E-state index in [0.29, 0.717) is 24.2 Å². The monoisotopic (exact) mass is 462 g/mol. The van der Waals surface area contributed by atoms with E-state index in [1.165, 1.54) is 64.2 Å². The van der Waals surface area contributed by atoms with Crippen molar-refractivity contribution >= 4 is 41.8 Å². The van der Waals surface area contributed by atoms with Crippen LogP contribution in [-0.4, -0.2) is 34.9 Å². The van der Waals surface area contributed by atoms with Crippen molar-refractivity contribution in [2.75, 3.05) is 0 Å². The molecule has 0 N–H and O–H groups in total. The zero-order valence-electron chi connectivity index (χ0n) is 14.9. The van der Waals surface area contributed by atoms with Crippen LogP contribution in [0.25, 0.3) is 10.6 Å². The Kier molecular flexibility index (Phi) is 12.1. The minimum atomic E-state index is -0.556. The average molecular weight is 464 g/mol. The van der Waals surface area contributed by atoms with E-state index in [2.05, 4.69) is 0 Å². The van der Waals surface area contributed by atoms with Gasteiger partial charge in [-0.1, -0.05) is 64.2 Å². The Morgan fingerprint density at radius 3 is 1.12 bits per heavy atom. The van der Waals surface area contributed by atoms with Gasteiger partial charge in [0.15, 0.2) is 0 Å². The van der Waals surface area contributed by atoms with Gasteiger partial charge in [0.25, 0.3) is 0 Å². The van der Waals surface area contributed by atoms with Crippen LogP contribution in [0.1, 0.15) is 77.0 Å². The molecule has 3 saturated carbocycles. The normalized spacial score (nSPS) is 39.2. The summed E-state index contributed by atoms with van der Waals surface area (Å²) in [6.07, 6.45) is 14.8. The predicted octanol–water partition coefficient (Wildman–Crippen LogP) is 7.52. The third-order valence-electron chi connectivity index (χ3n) is 5.75. The van der Waals surface area contributed by atoms with Gasteiger partial charge in [-0.3, -0.25) is 0 Å². The summed E-state index contributed by atoms with van der Waals surface area (Å²) in [4.78, 5) is 0. The van der Waals surface area contributed by atoms with Gasteiger partial charge in [-0.25, -0.2) is 0 Å². The maximum atomic E-state index is 6.52. The van der Waals surface area contributed by atoms with Gasteiger partial charge < -0.3 is 10.6 Å². The van der Waals surface area contributed by atoms with Gasteiger partial charge in [0.1, 0.15) is 0 Å². The number of nitrogens with zero attached hydrogens (tertiary/aromatic N) is 2. The molecule has 0 heterocycles. The fourth-order valence-corrected chi connectivity index (χ4v) is 5.09. The van der Waals surface area contributed by atoms with Crippen molar-refractivity contribution in [2.24, 2.45) is 0 Å². The first-order valence-corrected chi connectivity index (χ1v) is 15.0. The molecule has 7 heteroatoms. The Hall–Kier alpha value is 1.79. The predicted molar refractivity (Wildman–Crippen MR) is 108 cm³/mol. The zero-order chi connectivity index (χ0) is 18.1. The molecule has 0 aromatic rings. The van der Waals surface area contributed by atoms with Crippen molar-refractivity contribution in [3.05, 3.63) is 10.6 Å². The molecule has 146 valence electrons. The molecule has 0 aromatic heterocycles. The Balaban J connectivity index is 0.000000701. The summed E-state index contributed by atoms with van der Waals surface area (Å²) in [6.45, 7) is 0. The van der Waals surface area contributed by atoms with Crippen molar-refractivity contribution in [3.63, 3.8) is 0 Å². The molecule has 3 fully saturated rings. The maximum absolute atomic E-state index is 6.52. The van der Waals surface area contributed by atoms with E-state index in [4.69, 9.17) is 52.4 Å². The van der Waals surface area contributed by atoms with Crippen LogP contribution < -0.4 is 0 Å². The van der Waals surface area contributed by atoms with E-state index < -0.39 is 17.0 Å². The van der Waals surface area contributed by atoms with Gasteiger partial charge in [-0.2, -0.15) is 12.1 Å². The number of hydrogen-bond donors (Lipinski definition) is 0. The molecule has 0 saturated heterocycles. The first-order chi connectivity index (χ1) is 12.2. The number of halogens is 4. The van der Waals surface area contributed by atoms with Gasteiger partial charge in [-0.05, 0) is 12.8 Å². The molecule has 3 aliphatic carbocycles. The molecule has 0 spiro atoms. The summed E-state index contributed by atoms with van der Waals surface area (Å²) in [5.41, 5.74) is 0. The Labute approximate surface area is 180 Å². The standard InChI is InChI=1S/C18H30Cl2N2.2ClH.Ti/c19-13-7-1-3-9-15(13)21-17-11-5-6-12-18(17)22-16-10-4-2-8-14(16)20;;;/h13-18H,1-12H2;2*1H;/q-2;;;+2/p-2. The quantitative estimate of drug-likeness (QED) is 0.304. The number of alkyl halides is 2. The van der Waals surface area contributed by atoms with Gasteiger partial charge in [0, 0.05) is 10.8 Å². The zero-order valence-corrected chi connectivity index (χ0v) is 19.4. The number of hydrogen-bond acceptors (Lipinski definition) is 0. The van der Waals surface area contributed by atoms with Crippen molar-refractivity contribution < 1.29 is 17.0 Å². The van der Waals surface area contributed by atoms with Crippen LogP contribution in [-0.2, 0) is 17.0 Å². The molecule has 0 radical (unpaired) electrons. The summed E-state index contributed by atoms with van der Waals surface area (Å²) in [5.74, 6) is 0. The third kappa shape index (κ3) is 7.97. The van der Waals surface area contributed by atoms with Gasteiger partial charge in [-0.15, -0.1) is 35.3 Å². The molecule has 0 aromatic carbocycles. The Morgan fingerprint density at radius 1 is 0.520 bits per heavy atom. The second-order valence-electron chi connectivity index (χ2n) is 7.52. The molecule has 6 unspecified atom stereocenters. The Bertz CT molecular complexity index is 332. The SMILES string of the molecule is ClC1CCCCC1[N-]C1CCCCC1[N-]C1CCCCC1Cl.[Cl][Ti][Cl]. The molecule has 3 aliphatic rings. The minimum absolute atomic E-state index is 0.256. The van der Waals surface area contributed by atoms with Crippen molar-refractivity contribution in [1.29, 1.82) is 0 Å². The van der Waals surface area contributed by atoms with Gasteiger partial charge >= 0.3 is 35.6 Å². The average Bonchev–Trinajstić information content (AvgIpc) is 2.61. The second kappa shape index (κ2) is 13.1. The molecular formula is C18H30Cl4N2Ti-2. The van der Waals surface area contributed by atoms with E-state index in [0.717, 1.165) is 12.8 Å². The molecule has 2 nitrogen and oxygen atoms in total. The van der Waals surface area contributed by atoms with Crippen molar-refractivity contribution in [3.8, 4) is 0 Å². The van der Waals surface area contributed by atoms with E-state index >= 15 is 0 Å². The van der Waals surface area contributed by atoms with Crippen molar-refractivity contribution in [1.82, 2.24) is 0 Å². The van der Waals surface area contributed by atoms with Crippen LogP contribution in [0.5, 0.6) is 0 Å². The fraction of sp³-hybridized carbons (Fsp3) is 1.00. The van der Waals surface area contributed by atoms with E-state index in [-0.39, 0.29) is 10.8 Å². The summed E-state index contributed by atoms with van der Waals surface area (Å²) >= 11 is 12.5. The van der Waals surface area contributed by atoms with E-state index in [1.54, 1.807) is 0 Å². The van der Waals surface area contributed by atoms with Gasteiger partial charge in [0.05, 0.1) is 0 Å². The molecule has 0 aliphatic heterocycles. The van der Waals surface area contributed by atoms with Crippen LogP contribution in [0.15, 0.2) is 0 Å².